The second kappa shape index (κ2) is 9.13. The van der Waals surface area contributed by atoms with E-state index in [-0.39, 0.29) is 41.0 Å². The number of nitrogens with one attached hydrogen (secondary N) is 1. The standard InChI is InChI=1S/C25H30N2O6/c1-6-32-20-10-15-12-27(23(26)16(15)11-17(20)24(30)31)13-19(28)14-8-18(25(3,4)5)22(29)21(9-14)33-7-2/h8-11,26,29H,6-7,12-13H2,1-5H3,(H,30,31). The van der Waals surface area contributed by atoms with E-state index in [1.54, 1.807) is 30.9 Å². The van der Waals surface area contributed by atoms with Crippen molar-refractivity contribution in [1.29, 1.82) is 5.41 Å². The number of hydrogen-bond donors (Lipinski definition) is 3. The van der Waals surface area contributed by atoms with E-state index >= 15 is 0 Å². The van der Waals surface area contributed by atoms with E-state index in [9.17, 15) is 19.8 Å². The number of hydrogen-bond acceptors (Lipinski definition) is 6. The van der Waals surface area contributed by atoms with Crippen molar-refractivity contribution < 1.29 is 29.3 Å². The monoisotopic (exact) mass is 454 g/mol. The number of carbonyl (C=O) groups excluding carboxylic acids is 1. The van der Waals surface area contributed by atoms with Gasteiger partial charge in [-0.25, -0.2) is 4.79 Å². The number of carbonyl (C=O) groups is 2. The molecule has 0 unspecified atom stereocenters. The number of ketones is 1. The van der Waals surface area contributed by atoms with E-state index in [0.29, 0.717) is 36.4 Å². The zero-order valence-corrected chi connectivity index (χ0v) is 19.6. The molecular weight excluding hydrogens is 424 g/mol. The summed E-state index contributed by atoms with van der Waals surface area (Å²) in [6.45, 7) is 10.3. The fourth-order valence-electron chi connectivity index (χ4n) is 3.88. The summed E-state index contributed by atoms with van der Waals surface area (Å²) in [6.07, 6.45) is 0. The Kier molecular flexibility index (Phi) is 6.67. The van der Waals surface area contributed by atoms with Gasteiger partial charge in [-0.2, -0.15) is 0 Å². The summed E-state index contributed by atoms with van der Waals surface area (Å²) >= 11 is 0. The molecule has 0 atom stereocenters. The van der Waals surface area contributed by atoms with E-state index in [0.717, 1.165) is 5.56 Å². The van der Waals surface area contributed by atoms with Crippen LogP contribution < -0.4 is 9.47 Å². The van der Waals surface area contributed by atoms with Crippen molar-refractivity contribution in [3.05, 3.63) is 52.1 Å². The average Bonchev–Trinajstić information content (AvgIpc) is 3.02. The van der Waals surface area contributed by atoms with Gasteiger partial charge in [0.1, 0.15) is 17.1 Å². The van der Waals surface area contributed by atoms with Crippen molar-refractivity contribution in [3.63, 3.8) is 0 Å². The first-order valence-corrected chi connectivity index (χ1v) is 10.9. The van der Waals surface area contributed by atoms with Gasteiger partial charge in [-0.3, -0.25) is 10.2 Å². The zero-order chi connectivity index (χ0) is 24.5. The average molecular weight is 455 g/mol. The Morgan fingerprint density at radius 1 is 1.06 bits per heavy atom. The SMILES string of the molecule is CCOc1cc2c(cc1C(=O)O)C(=N)N(CC(=O)c1cc(OCC)c(O)c(C(C)(C)C)c1)C2. The predicted octanol–water partition coefficient (Wildman–Crippen LogP) is 4.21. The fourth-order valence-corrected chi connectivity index (χ4v) is 3.88. The van der Waals surface area contributed by atoms with Crippen LogP contribution >= 0.6 is 0 Å². The lowest BCUT2D eigenvalue weighted by Crippen LogP contribution is -2.30. The third-order valence-electron chi connectivity index (χ3n) is 5.51. The van der Waals surface area contributed by atoms with Crippen LogP contribution in [0, 0.1) is 5.41 Å². The number of aromatic carboxylic acids is 1. The Balaban J connectivity index is 1.91. The third kappa shape index (κ3) is 4.79. The first-order chi connectivity index (χ1) is 15.5. The number of benzene rings is 2. The van der Waals surface area contributed by atoms with Gasteiger partial charge in [-0.1, -0.05) is 20.8 Å². The quantitative estimate of drug-likeness (QED) is 0.511. The summed E-state index contributed by atoms with van der Waals surface area (Å²) in [6, 6.07) is 6.26. The van der Waals surface area contributed by atoms with E-state index in [1.807, 2.05) is 20.8 Å². The van der Waals surface area contributed by atoms with Crippen LogP contribution in [0.4, 0.5) is 0 Å². The van der Waals surface area contributed by atoms with Crippen LogP contribution in [0.15, 0.2) is 24.3 Å². The molecule has 176 valence electrons. The highest BCUT2D eigenvalue weighted by Gasteiger charge is 2.30. The summed E-state index contributed by atoms with van der Waals surface area (Å²) < 4.78 is 11.0. The van der Waals surface area contributed by atoms with Gasteiger partial charge in [0.15, 0.2) is 17.3 Å². The van der Waals surface area contributed by atoms with E-state index in [1.165, 1.54) is 12.1 Å². The predicted molar refractivity (Wildman–Crippen MR) is 124 cm³/mol. The van der Waals surface area contributed by atoms with Gasteiger partial charge in [-0.15, -0.1) is 0 Å². The van der Waals surface area contributed by atoms with Gasteiger partial charge in [0.25, 0.3) is 0 Å². The van der Waals surface area contributed by atoms with Gasteiger partial charge >= 0.3 is 5.97 Å². The molecule has 1 aliphatic heterocycles. The molecule has 33 heavy (non-hydrogen) atoms. The van der Waals surface area contributed by atoms with Crippen LogP contribution in [0.25, 0.3) is 0 Å². The maximum absolute atomic E-state index is 13.2. The molecule has 3 N–H and O–H groups in total. The third-order valence-corrected chi connectivity index (χ3v) is 5.51. The Morgan fingerprint density at radius 2 is 1.70 bits per heavy atom. The lowest BCUT2D eigenvalue weighted by molar-refractivity contribution is 0.0692. The second-order valence-corrected chi connectivity index (χ2v) is 8.93. The molecule has 1 heterocycles. The van der Waals surface area contributed by atoms with Crippen LogP contribution in [0.5, 0.6) is 17.2 Å². The summed E-state index contributed by atoms with van der Waals surface area (Å²) in [7, 11) is 0. The Morgan fingerprint density at radius 3 is 2.27 bits per heavy atom. The number of ether oxygens (including phenoxy) is 2. The van der Waals surface area contributed by atoms with Crippen molar-refractivity contribution in [3.8, 4) is 17.2 Å². The lowest BCUT2D eigenvalue weighted by atomic mass is 9.84. The molecule has 8 nitrogen and oxygen atoms in total. The summed E-state index contributed by atoms with van der Waals surface area (Å²) in [5.41, 5.74) is 1.77. The van der Waals surface area contributed by atoms with Crippen LogP contribution in [0.3, 0.4) is 0 Å². The Labute approximate surface area is 193 Å². The molecule has 8 heteroatoms. The van der Waals surface area contributed by atoms with Crippen molar-refractivity contribution >= 4 is 17.6 Å². The van der Waals surface area contributed by atoms with Crippen molar-refractivity contribution in [2.45, 2.75) is 46.6 Å². The minimum atomic E-state index is -1.13. The number of rotatable bonds is 8. The van der Waals surface area contributed by atoms with Crippen molar-refractivity contribution in [1.82, 2.24) is 4.90 Å². The highest BCUT2D eigenvalue weighted by atomic mass is 16.5. The minimum absolute atomic E-state index is 0.0109. The number of fused-ring (bicyclic) bond motifs is 1. The summed E-state index contributed by atoms with van der Waals surface area (Å²) in [5, 5.41) is 28.6. The topological polar surface area (TPSA) is 120 Å². The molecule has 0 fully saturated rings. The molecule has 2 aromatic rings. The molecule has 0 amide bonds. The molecule has 2 aromatic carbocycles. The van der Waals surface area contributed by atoms with Crippen LogP contribution in [0.2, 0.25) is 0 Å². The van der Waals surface area contributed by atoms with Crippen molar-refractivity contribution in [2.24, 2.45) is 0 Å². The minimum Gasteiger partial charge on any atom is -0.504 e. The van der Waals surface area contributed by atoms with Gasteiger partial charge in [0.05, 0.1) is 19.8 Å². The van der Waals surface area contributed by atoms with E-state index in [2.05, 4.69) is 0 Å². The highest BCUT2D eigenvalue weighted by Crippen LogP contribution is 2.39. The molecule has 3 rings (SSSR count). The molecule has 0 spiro atoms. The number of nitrogens with zero attached hydrogens (tertiary/aromatic N) is 1. The maximum Gasteiger partial charge on any atom is 0.339 e. The van der Waals surface area contributed by atoms with Crippen LogP contribution in [-0.4, -0.2) is 52.5 Å². The second-order valence-electron chi connectivity index (χ2n) is 8.93. The molecular formula is C25H30N2O6. The first-order valence-electron chi connectivity index (χ1n) is 10.9. The number of phenolic OH excluding ortho intramolecular Hbond substituents is 1. The molecule has 1 aliphatic rings. The Hall–Kier alpha value is -3.55. The number of phenols is 1. The van der Waals surface area contributed by atoms with Crippen LogP contribution in [0.1, 0.15) is 72.0 Å². The highest BCUT2D eigenvalue weighted by molar-refractivity contribution is 6.07. The first kappa shape index (κ1) is 24.1. The van der Waals surface area contributed by atoms with Gasteiger partial charge in [0, 0.05) is 23.2 Å². The maximum atomic E-state index is 13.2. The molecule has 0 saturated carbocycles. The van der Waals surface area contributed by atoms with Gasteiger partial charge < -0.3 is 24.6 Å². The molecule has 0 radical (unpaired) electrons. The number of amidine groups is 1. The van der Waals surface area contributed by atoms with E-state index in [4.69, 9.17) is 14.9 Å². The number of aromatic hydroxyl groups is 1. The molecule has 0 aromatic heterocycles. The molecule has 0 aliphatic carbocycles. The Bertz CT molecular complexity index is 1120. The lowest BCUT2D eigenvalue weighted by Gasteiger charge is -2.23. The van der Waals surface area contributed by atoms with E-state index < -0.39 is 11.4 Å². The molecule has 0 saturated heterocycles. The van der Waals surface area contributed by atoms with Gasteiger partial charge in [-0.05, 0) is 49.1 Å². The summed E-state index contributed by atoms with van der Waals surface area (Å²) in [5.74, 6) is -0.760. The van der Waals surface area contributed by atoms with Crippen LogP contribution in [-0.2, 0) is 12.0 Å². The number of carboxylic acid groups (broad SMARTS) is 1. The normalized spacial score (nSPS) is 13.1. The number of carboxylic acids is 1. The fraction of sp³-hybridized carbons (Fsp3) is 0.400. The zero-order valence-electron chi connectivity index (χ0n) is 19.6. The summed E-state index contributed by atoms with van der Waals surface area (Å²) in [4.78, 5) is 26.4. The van der Waals surface area contributed by atoms with Crippen molar-refractivity contribution in [2.75, 3.05) is 19.8 Å². The number of Topliss-reactive ketones (excluding diaryl/α,β-unsaturated/α-hetero) is 1. The molecule has 0 bridgehead atoms. The largest absolute Gasteiger partial charge is 0.504 e. The van der Waals surface area contributed by atoms with Gasteiger partial charge in [0.2, 0.25) is 0 Å². The smallest absolute Gasteiger partial charge is 0.339 e.